The lowest BCUT2D eigenvalue weighted by atomic mass is 9.72. The number of nitrogens with zero attached hydrogens (tertiary/aromatic N) is 3. The summed E-state index contributed by atoms with van der Waals surface area (Å²) in [5.74, 6) is -3.29. The highest BCUT2D eigenvalue weighted by atomic mass is 32.1. The Morgan fingerprint density at radius 1 is 0.473 bits per heavy atom. The van der Waals surface area contributed by atoms with E-state index in [1.54, 1.807) is 75.6 Å². The molecule has 6 fully saturated rings. The Labute approximate surface area is 682 Å². The molecule has 3 aromatic heterocycles. The van der Waals surface area contributed by atoms with E-state index in [0.717, 1.165) is 107 Å². The maximum Gasteiger partial charge on any atom is 0.223 e. The van der Waals surface area contributed by atoms with Gasteiger partial charge in [0, 0.05) is 58.6 Å². The predicted molar refractivity (Wildman–Crippen MR) is 450 cm³/mol. The number of aromatic nitrogens is 3. The maximum atomic E-state index is 14.1. The minimum Gasteiger partial charge on any atom is -0.412 e. The standard InChI is InChI=1S/C33H56N2O5SSi.2C27H42N2O5S/c1-20-14-13-15-33(10)27(39-33)17-25(21(2)16-24-19-41-23(4)34-24)35-28(36)18-26(40-42(11,12)31(5,6)7)32(8,9)30(38)22(3)29(20)37;2*1-15-9-8-10-27(7)22(34-27)12-20(16(2)11-19-14-35-18(4)28-19)29-23(31)13-21(30)26(5,6)25(33)17(3)24(15)32/h16,19-20,22,25-27,29,37H,13-15,17-18H2,1-12H3,(H,35,36);2*11,14-15,17,20-22,24,30,32H,8-10,12-13H2,1-7H3,(H,29,31)/b21-16+;2*16-11+/t20-,22+,25-,26-,27-,29-,33+;2*15-,17+,20-,21-,22-,24-,27+/m000/s1. The Balaban J connectivity index is 0.000000234. The second kappa shape index (κ2) is 38.0. The van der Waals surface area contributed by atoms with Gasteiger partial charge in [0.25, 0.3) is 0 Å². The average Bonchev–Trinajstić information content (AvgIpc) is 1.63. The fourth-order valence-corrected chi connectivity index (χ4v) is 19.4. The fraction of sp³-hybridized carbons (Fsp3) is 0.759. The largest absolute Gasteiger partial charge is 0.412 e. The summed E-state index contributed by atoms with van der Waals surface area (Å²) in [7, 11) is -2.35. The van der Waals surface area contributed by atoms with Gasteiger partial charge in [0.15, 0.2) is 8.32 Å². The van der Waals surface area contributed by atoms with E-state index in [4.69, 9.17) is 18.6 Å². The molecular formula is C87H140N6O15S3Si. The molecule has 6 aliphatic heterocycles. The molecule has 630 valence electrons. The van der Waals surface area contributed by atoms with Gasteiger partial charge in [-0.1, -0.05) is 123 Å². The summed E-state index contributed by atoms with van der Waals surface area (Å²) in [4.78, 5) is 94.1. The molecule has 6 aliphatic rings. The van der Waals surface area contributed by atoms with Crippen molar-refractivity contribution in [3.63, 3.8) is 0 Å². The molecule has 0 bridgehead atoms. The van der Waals surface area contributed by atoms with Gasteiger partial charge in [0.05, 0.1) is 152 Å². The summed E-state index contributed by atoms with van der Waals surface area (Å²) in [6.07, 6.45) is 10.00. The third kappa shape index (κ3) is 24.5. The maximum absolute atomic E-state index is 14.1. The van der Waals surface area contributed by atoms with Gasteiger partial charge in [-0.3, -0.25) is 28.8 Å². The van der Waals surface area contributed by atoms with E-state index in [-0.39, 0.29) is 130 Å². The second-order valence-corrected chi connectivity index (χ2v) is 46.0. The van der Waals surface area contributed by atoms with Gasteiger partial charge in [-0.25, -0.2) is 15.0 Å². The number of epoxide rings is 3. The monoisotopic (exact) mass is 1630 g/mol. The number of aliphatic hydroxyl groups is 5. The number of ether oxygens (including phenoxy) is 3. The number of nitrogens with one attached hydrogen (secondary N) is 3. The number of thiazole rings is 3. The van der Waals surface area contributed by atoms with Crippen molar-refractivity contribution in [1.29, 1.82) is 0 Å². The minimum absolute atomic E-state index is 0.0170. The lowest BCUT2D eigenvalue weighted by Crippen LogP contribution is -2.53. The first kappa shape index (κ1) is 94.5. The van der Waals surface area contributed by atoms with Crippen LogP contribution >= 0.6 is 34.0 Å². The first-order chi connectivity index (χ1) is 51.7. The molecule has 9 rings (SSSR count). The van der Waals surface area contributed by atoms with E-state index in [0.29, 0.717) is 19.3 Å². The van der Waals surface area contributed by atoms with E-state index in [9.17, 15) is 54.3 Å². The van der Waals surface area contributed by atoms with Gasteiger partial charge in [0.2, 0.25) is 17.7 Å². The lowest BCUT2D eigenvalue weighted by molar-refractivity contribution is -0.144. The molecule has 21 atom stereocenters. The van der Waals surface area contributed by atoms with Gasteiger partial charge in [-0.05, 0) is 172 Å². The van der Waals surface area contributed by atoms with Crippen LogP contribution < -0.4 is 16.0 Å². The average molecular weight is 1630 g/mol. The van der Waals surface area contributed by atoms with Crippen molar-refractivity contribution in [1.82, 2.24) is 30.9 Å². The summed E-state index contributed by atoms with van der Waals surface area (Å²) >= 11 is 4.76. The zero-order valence-electron chi connectivity index (χ0n) is 72.3. The number of Topliss-reactive ketones (excluding diaryl/α,β-unsaturated/α-hetero) is 3. The van der Waals surface area contributed by atoms with Crippen LogP contribution in [0.2, 0.25) is 18.1 Å². The Hall–Kier alpha value is -4.61. The highest BCUT2D eigenvalue weighted by Gasteiger charge is 2.56. The van der Waals surface area contributed by atoms with Crippen molar-refractivity contribution >= 4 is 95.6 Å². The van der Waals surface area contributed by atoms with Gasteiger partial charge in [-0.15, -0.1) is 34.0 Å². The highest BCUT2D eigenvalue weighted by molar-refractivity contribution is 7.10. The van der Waals surface area contributed by atoms with Crippen LogP contribution in [0.1, 0.15) is 274 Å². The van der Waals surface area contributed by atoms with Crippen LogP contribution in [-0.4, -0.2) is 174 Å². The molecule has 0 aromatic carbocycles. The van der Waals surface area contributed by atoms with Crippen molar-refractivity contribution in [2.75, 3.05) is 0 Å². The van der Waals surface area contributed by atoms with Gasteiger partial charge < -0.3 is 60.1 Å². The molecule has 0 aliphatic carbocycles. The summed E-state index contributed by atoms with van der Waals surface area (Å²) in [5, 5.41) is 73.1. The summed E-state index contributed by atoms with van der Waals surface area (Å²) < 4.78 is 25.3. The van der Waals surface area contributed by atoms with Crippen molar-refractivity contribution in [3.8, 4) is 0 Å². The zero-order valence-corrected chi connectivity index (χ0v) is 75.8. The SMILES string of the molecule is C/C(=C\c1csc(C)n1)[C@@H]1C[C@@H]2O[C@]2(C)CCC[C@H](C)[C@H](O)[C@@H](C)C(=O)C(C)(C)[C@@H](O)CC(=O)N1.C/C(=C\c1csc(C)n1)[C@@H]1C[C@@H]2O[C@]2(C)CCC[C@H](C)[C@H](O)[C@@H](C)C(=O)C(C)(C)[C@@H](O)CC(=O)N1.C/C(=C\c1csc(C)n1)[C@@H]1C[C@@H]2O[C@]2(C)CCC[C@H](C)[C@H](O)[C@@H](C)C(=O)C(C)(C)[C@@H](O[Si](C)(C)C(C)(C)C)CC(=O)N1. The van der Waals surface area contributed by atoms with Crippen LogP contribution in [0.3, 0.4) is 0 Å². The number of carbonyl (C=O) groups is 6. The van der Waals surface area contributed by atoms with Crippen LogP contribution in [0.4, 0.5) is 0 Å². The minimum atomic E-state index is -2.35. The normalized spacial score (nSPS) is 36.2. The van der Waals surface area contributed by atoms with E-state index in [1.165, 1.54) is 0 Å². The summed E-state index contributed by atoms with van der Waals surface area (Å²) in [6, 6.07) is -0.768. The topological polar surface area (TPSA) is 325 Å². The third-order valence-electron chi connectivity index (χ3n) is 26.4. The number of rotatable bonds is 8. The number of carbonyl (C=O) groups excluding carboxylic acids is 6. The third-order valence-corrected chi connectivity index (χ3v) is 33.3. The van der Waals surface area contributed by atoms with Crippen LogP contribution in [-0.2, 0) is 47.4 Å². The van der Waals surface area contributed by atoms with Crippen LogP contribution in [0.15, 0.2) is 32.9 Å². The smallest absolute Gasteiger partial charge is 0.223 e. The molecule has 112 heavy (non-hydrogen) atoms. The molecule has 25 heteroatoms. The molecule has 9 heterocycles. The quantitative estimate of drug-likeness (QED) is 0.0767. The van der Waals surface area contributed by atoms with Crippen LogP contribution in [0, 0.1) is 72.5 Å². The number of aryl methyl sites for hydroxylation is 3. The molecule has 21 nitrogen and oxygen atoms in total. The lowest BCUT2D eigenvalue weighted by Gasteiger charge is -2.44. The molecule has 0 spiro atoms. The van der Waals surface area contributed by atoms with Gasteiger partial charge >= 0.3 is 0 Å². The molecular weight excluding hydrogens is 1490 g/mol. The van der Waals surface area contributed by atoms with Crippen LogP contribution in [0.5, 0.6) is 0 Å². The Morgan fingerprint density at radius 2 is 0.741 bits per heavy atom. The number of hydrogen-bond donors (Lipinski definition) is 8. The first-order valence-electron chi connectivity index (χ1n) is 41.1. The summed E-state index contributed by atoms with van der Waals surface area (Å²) in [5.41, 5.74) is 1.51. The highest BCUT2D eigenvalue weighted by Crippen LogP contribution is 2.49. The number of amides is 3. The molecule has 8 N–H and O–H groups in total. The van der Waals surface area contributed by atoms with Crippen molar-refractivity contribution in [2.45, 2.75) is 370 Å². The van der Waals surface area contributed by atoms with Gasteiger partial charge in [0.1, 0.15) is 17.3 Å². The molecule has 0 radical (unpaired) electrons. The predicted octanol–water partition coefficient (Wildman–Crippen LogP) is 15.2. The Kier molecular flexibility index (Phi) is 32.1. The van der Waals surface area contributed by atoms with Crippen molar-refractivity contribution < 1.29 is 72.9 Å². The second-order valence-electron chi connectivity index (χ2n) is 38.1. The molecule has 3 aromatic rings. The van der Waals surface area contributed by atoms with E-state index < -0.39 is 78.9 Å². The van der Waals surface area contributed by atoms with Crippen molar-refractivity contribution in [2.24, 2.45) is 51.8 Å². The molecule has 0 saturated carbocycles. The fourth-order valence-electron chi connectivity index (χ4n) is 16.3. The first-order valence-corrected chi connectivity index (χ1v) is 46.6. The Morgan fingerprint density at radius 3 is 1.00 bits per heavy atom. The molecule has 3 amide bonds. The number of fused-ring (bicyclic) bond motifs is 3. The van der Waals surface area contributed by atoms with E-state index >= 15 is 0 Å². The van der Waals surface area contributed by atoms with Crippen LogP contribution in [0.25, 0.3) is 18.2 Å². The van der Waals surface area contributed by atoms with Gasteiger partial charge in [-0.2, -0.15) is 0 Å². The zero-order chi connectivity index (χ0) is 84.1. The Bertz CT molecular complexity index is 3680. The number of aliphatic hydroxyl groups excluding tert-OH is 5. The number of hydrogen-bond acceptors (Lipinski definition) is 21. The summed E-state index contributed by atoms with van der Waals surface area (Å²) in [6.45, 7) is 50.6. The molecule has 0 unspecified atom stereocenters. The van der Waals surface area contributed by atoms with Crippen molar-refractivity contribution in [3.05, 3.63) is 65.0 Å². The molecule has 6 saturated heterocycles. The van der Waals surface area contributed by atoms with E-state index in [2.05, 4.69) is 85.5 Å². The van der Waals surface area contributed by atoms with E-state index in [1.807, 2.05) is 117 Å². The number of ketones is 3.